The predicted octanol–water partition coefficient (Wildman–Crippen LogP) is 5.28. The summed E-state index contributed by atoms with van der Waals surface area (Å²) >= 11 is 0. The number of carbonyl (C=O) groups is 1. The van der Waals surface area contributed by atoms with Crippen molar-refractivity contribution in [2.75, 3.05) is 18.0 Å². The van der Waals surface area contributed by atoms with E-state index in [1.54, 1.807) is 13.0 Å². The molecule has 1 amide bonds. The quantitative estimate of drug-likeness (QED) is 0.197. The van der Waals surface area contributed by atoms with Gasteiger partial charge in [0.15, 0.2) is 18.1 Å². The second kappa shape index (κ2) is 12.2. The summed E-state index contributed by atoms with van der Waals surface area (Å²) in [6, 6.07) is 19.0. The van der Waals surface area contributed by atoms with Crippen molar-refractivity contribution in [2.24, 2.45) is 0 Å². The van der Waals surface area contributed by atoms with Crippen LogP contribution in [0.1, 0.15) is 68.6 Å². The molecule has 3 aromatic carbocycles. The number of anilines is 1. The third-order valence-electron chi connectivity index (χ3n) is 11.7. The second-order valence-corrected chi connectivity index (χ2v) is 17.3. The van der Waals surface area contributed by atoms with Crippen molar-refractivity contribution >= 4 is 33.1 Å². The van der Waals surface area contributed by atoms with Crippen LogP contribution >= 0.6 is 0 Å². The molecule has 0 saturated heterocycles. The topological polar surface area (TPSA) is 151 Å². The molecule has 5 aliphatic rings. The maximum absolute atomic E-state index is 13.2. The van der Waals surface area contributed by atoms with E-state index >= 15 is 0 Å². The number of fused-ring (bicyclic) bond motifs is 8. The minimum atomic E-state index is -4.34. The lowest BCUT2D eigenvalue weighted by molar-refractivity contribution is -0.445. The van der Waals surface area contributed by atoms with Crippen molar-refractivity contribution in [3.05, 3.63) is 112 Å². The molecule has 5 aliphatic heterocycles. The van der Waals surface area contributed by atoms with Crippen LogP contribution in [0.15, 0.2) is 88.5 Å². The van der Waals surface area contributed by atoms with Crippen LogP contribution in [-0.2, 0) is 43.4 Å². The predicted molar refractivity (Wildman–Crippen MR) is 202 cm³/mol. The van der Waals surface area contributed by atoms with Gasteiger partial charge in [0.1, 0.15) is 0 Å². The van der Waals surface area contributed by atoms with Gasteiger partial charge in [-0.3, -0.25) is 9.35 Å². The van der Waals surface area contributed by atoms with Gasteiger partial charge in [0.2, 0.25) is 17.4 Å². The lowest BCUT2D eigenvalue weighted by Gasteiger charge is -2.42. The summed E-state index contributed by atoms with van der Waals surface area (Å²) in [5, 5.41) is 19.2. The van der Waals surface area contributed by atoms with Gasteiger partial charge in [0.25, 0.3) is 10.1 Å². The van der Waals surface area contributed by atoms with Crippen LogP contribution in [0.25, 0.3) is 11.4 Å². The number of allylic oxidation sites excluding steroid dienone is 1. The van der Waals surface area contributed by atoms with E-state index in [2.05, 4.69) is 87.2 Å². The normalized spacial score (nSPS) is 21.7. The lowest BCUT2D eigenvalue weighted by atomic mass is 9.74. The molecule has 0 bridgehead atoms. The van der Waals surface area contributed by atoms with Crippen LogP contribution in [-0.4, -0.2) is 74.9 Å². The molecule has 1 aromatic heterocycles. The van der Waals surface area contributed by atoms with Crippen molar-refractivity contribution in [2.45, 2.75) is 88.4 Å². The highest BCUT2D eigenvalue weighted by Gasteiger charge is 2.54. The van der Waals surface area contributed by atoms with E-state index in [1.807, 2.05) is 30.3 Å². The van der Waals surface area contributed by atoms with E-state index in [1.165, 1.54) is 22.9 Å². The molecule has 54 heavy (non-hydrogen) atoms. The number of ether oxygens (including phenoxy) is 1. The van der Waals surface area contributed by atoms with Gasteiger partial charge in [-0.1, -0.05) is 50.2 Å². The molecule has 0 fully saturated rings. The smallest absolute Gasteiger partial charge is 0.294 e. The summed E-state index contributed by atoms with van der Waals surface area (Å²) in [5.41, 5.74) is 10.8. The van der Waals surface area contributed by atoms with E-state index in [4.69, 9.17) is 4.74 Å². The summed E-state index contributed by atoms with van der Waals surface area (Å²) in [6.07, 6.45) is 4.23. The third kappa shape index (κ3) is 5.51. The summed E-state index contributed by atoms with van der Waals surface area (Å²) in [7, 11) is -4.34. The van der Waals surface area contributed by atoms with Crippen LogP contribution in [0.3, 0.4) is 0 Å². The number of carbonyl (C=O) groups excluding carboxylic acids is 1. The standard InChI is InChI=1S/C41H41N7O5S/c1-23-43-45-39(46-44-23)26-9-6-24(7-10-26)22-42-36(49)19-25-8-12-32-30(18-25)40(2,3)37-28-21-29-35(53-34(28)14-16-47(32)37)15-17-48-33-13-11-27(54(50,51)52)20-31(33)41(4,5)38(29)48/h6-13,18,20-21,34-35H,14-17,19,22H2,1-5H3,(H-,42,49,50,51,52)/p+1. The molecule has 6 heterocycles. The van der Waals surface area contributed by atoms with Gasteiger partial charge < -0.3 is 15.0 Å². The first-order chi connectivity index (χ1) is 25.7. The summed E-state index contributed by atoms with van der Waals surface area (Å²) in [6.45, 7) is 12.5. The van der Waals surface area contributed by atoms with Crippen molar-refractivity contribution in [1.82, 2.24) is 25.7 Å². The van der Waals surface area contributed by atoms with Crippen LogP contribution in [0.5, 0.6) is 0 Å². The number of nitrogens with zero attached hydrogens (tertiary/aromatic N) is 6. The number of benzene rings is 3. The molecule has 2 N–H and O–H groups in total. The zero-order chi connectivity index (χ0) is 37.7. The molecule has 4 aromatic rings. The first kappa shape index (κ1) is 34.6. The highest BCUT2D eigenvalue weighted by atomic mass is 32.2. The average molecular weight is 745 g/mol. The summed E-state index contributed by atoms with van der Waals surface area (Å²) in [5.74, 6) is 0.920. The molecule has 0 spiro atoms. The van der Waals surface area contributed by atoms with Gasteiger partial charge in [-0.2, -0.15) is 13.0 Å². The van der Waals surface area contributed by atoms with Crippen molar-refractivity contribution in [3.63, 3.8) is 0 Å². The molecule has 13 heteroatoms. The Morgan fingerprint density at radius 2 is 1.67 bits per heavy atom. The fraction of sp³-hybridized carbons (Fsp3) is 0.366. The SMILES string of the molecule is Cc1nnc(-c2ccc(CNC(=O)Cc3ccc4c(c3)C(C)(C)C3=C5C=C6C7=[N+](CCC6OC5CCN34)c3ccc(S(=O)(=O)O)cc3C7(C)C)cc2)nn1. The average Bonchev–Trinajstić information content (AvgIpc) is 3.52. The lowest BCUT2D eigenvalue weighted by Crippen LogP contribution is -2.47. The van der Waals surface area contributed by atoms with E-state index in [9.17, 15) is 17.8 Å². The number of aromatic nitrogens is 4. The van der Waals surface area contributed by atoms with E-state index in [0.29, 0.717) is 18.2 Å². The Morgan fingerprint density at radius 1 is 0.926 bits per heavy atom. The number of hydrogen-bond acceptors (Lipinski definition) is 9. The van der Waals surface area contributed by atoms with Crippen LogP contribution in [0, 0.1) is 6.92 Å². The molecule has 12 nitrogen and oxygen atoms in total. The molecular weight excluding hydrogens is 703 g/mol. The van der Waals surface area contributed by atoms with Crippen LogP contribution < -0.4 is 10.2 Å². The van der Waals surface area contributed by atoms with E-state index in [0.717, 1.165) is 70.8 Å². The van der Waals surface area contributed by atoms with Gasteiger partial charge in [0, 0.05) is 64.6 Å². The van der Waals surface area contributed by atoms with Crippen LogP contribution in [0.4, 0.5) is 11.4 Å². The number of amides is 1. The molecule has 2 atom stereocenters. The first-order valence-electron chi connectivity index (χ1n) is 18.4. The van der Waals surface area contributed by atoms with Crippen molar-refractivity contribution < 1.29 is 27.1 Å². The molecule has 0 radical (unpaired) electrons. The van der Waals surface area contributed by atoms with E-state index in [-0.39, 0.29) is 34.8 Å². The second-order valence-electron chi connectivity index (χ2n) is 15.9. The minimum absolute atomic E-state index is 0.0270. The largest absolute Gasteiger partial charge is 0.365 e. The maximum atomic E-state index is 13.2. The Balaban J connectivity index is 0.974. The zero-order valence-electron chi connectivity index (χ0n) is 30.9. The monoisotopic (exact) mass is 744 g/mol. The highest BCUT2D eigenvalue weighted by molar-refractivity contribution is 7.85. The number of hydrogen-bond donors (Lipinski definition) is 2. The van der Waals surface area contributed by atoms with Gasteiger partial charge in [0.05, 0.1) is 28.9 Å². The number of nitrogens with one attached hydrogen (secondary N) is 1. The number of aryl methyl sites for hydroxylation is 1. The van der Waals surface area contributed by atoms with Crippen molar-refractivity contribution in [3.8, 4) is 11.4 Å². The Hall–Kier alpha value is -5.11. The zero-order valence-corrected chi connectivity index (χ0v) is 31.7. The van der Waals surface area contributed by atoms with Gasteiger partial charge >= 0.3 is 0 Å². The highest BCUT2D eigenvalue weighted by Crippen LogP contribution is 2.54. The third-order valence-corrected chi connectivity index (χ3v) is 12.6. The first-order valence-corrected chi connectivity index (χ1v) is 19.8. The molecular formula is C41H42N7O5S+. The summed E-state index contributed by atoms with van der Waals surface area (Å²) < 4.78 is 43.2. The molecule has 0 saturated carbocycles. The van der Waals surface area contributed by atoms with Crippen LogP contribution in [0.2, 0.25) is 0 Å². The van der Waals surface area contributed by atoms with Gasteiger partial charge in [-0.25, -0.2) is 0 Å². The van der Waals surface area contributed by atoms with Gasteiger partial charge in [-0.15, -0.1) is 20.4 Å². The van der Waals surface area contributed by atoms with Gasteiger partial charge in [-0.05, 0) is 68.2 Å². The molecule has 276 valence electrons. The fourth-order valence-corrected chi connectivity index (χ4v) is 9.71. The van der Waals surface area contributed by atoms with Crippen molar-refractivity contribution in [1.29, 1.82) is 0 Å². The number of rotatable bonds is 6. The Morgan fingerprint density at radius 3 is 2.41 bits per heavy atom. The van der Waals surface area contributed by atoms with E-state index < -0.39 is 15.5 Å². The minimum Gasteiger partial charge on any atom is -0.365 e. The molecule has 9 rings (SSSR count). The summed E-state index contributed by atoms with van der Waals surface area (Å²) in [4.78, 5) is 15.5. The Bertz CT molecular complexity index is 2470. The molecule has 2 unspecified atom stereocenters. The Kier molecular flexibility index (Phi) is 7.83. The maximum Gasteiger partial charge on any atom is 0.294 e. The Labute approximate surface area is 314 Å². The fourth-order valence-electron chi connectivity index (χ4n) is 9.20. The molecule has 0 aliphatic carbocycles.